The Morgan fingerprint density at radius 1 is 1.67 bits per heavy atom. The first-order valence-corrected chi connectivity index (χ1v) is 4.66. The number of aryl methyl sites for hydroxylation is 2. The van der Waals surface area contributed by atoms with Gasteiger partial charge in [-0.05, 0) is 25.3 Å². The van der Waals surface area contributed by atoms with E-state index in [4.69, 9.17) is 0 Å². The van der Waals surface area contributed by atoms with Gasteiger partial charge in [-0.15, -0.1) is 0 Å². The Balaban J connectivity index is 2.18. The van der Waals surface area contributed by atoms with Crippen LogP contribution in [-0.4, -0.2) is 29.1 Å². The van der Waals surface area contributed by atoms with Gasteiger partial charge in [0, 0.05) is 12.2 Å². The van der Waals surface area contributed by atoms with Crippen molar-refractivity contribution in [2.75, 3.05) is 6.54 Å². The van der Waals surface area contributed by atoms with Crippen LogP contribution in [0.15, 0.2) is 6.20 Å². The Bertz CT molecular complexity index is 325. The van der Waals surface area contributed by atoms with Crippen LogP contribution >= 0.6 is 0 Å². The molecule has 1 heterocycles. The first kappa shape index (κ1) is 11.6. The molecule has 0 unspecified atom stereocenters. The van der Waals surface area contributed by atoms with E-state index in [2.05, 4.69) is 15.5 Å². The first-order valence-electron chi connectivity index (χ1n) is 4.66. The predicted octanol–water partition coefficient (Wildman–Crippen LogP) is 1.03. The fourth-order valence-electron chi connectivity index (χ4n) is 1.20. The van der Waals surface area contributed by atoms with E-state index in [1.54, 1.807) is 6.20 Å². The maximum atomic E-state index is 11.8. The molecule has 0 aliphatic heterocycles. The lowest BCUT2D eigenvalue weighted by Crippen LogP contribution is -2.30. The van der Waals surface area contributed by atoms with Gasteiger partial charge in [-0.3, -0.25) is 9.89 Å². The van der Waals surface area contributed by atoms with Crippen molar-refractivity contribution in [2.24, 2.45) is 0 Å². The van der Waals surface area contributed by atoms with Gasteiger partial charge in [0.25, 0.3) is 5.91 Å². The summed E-state index contributed by atoms with van der Waals surface area (Å²) in [5, 5.41) is 8.76. The van der Waals surface area contributed by atoms with Gasteiger partial charge in [0.05, 0.1) is 6.20 Å². The Morgan fingerprint density at radius 3 is 2.93 bits per heavy atom. The van der Waals surface area contributed by atoms with Crippen molar-refractivity contribution in [3.63, 3.8) is 0 Å². The lowest BCUT2D eigenvalue weighted by Gasteiger charge is -2.03. The lowest BCUT2D eigenvalue weighted by molar-refractivity contribution is -0.131. The molecule has 0 saturated carbocycles. The normalized spacial score (nSPS) is 10.7. The molecule has 4 nitrogen and oxygen atoms in total. The number of carbonyl (C=O) groups is 1. The molecule has 0 aliphatic carbocycles. The summed E-state index contributed by atoms with van der Waals surface area (Å²) in [6.07, 6.45) is 0.107. The van der Waals surface area contributed by atoms with Crippen LogP contribution < -0.4 is 5.32 Å². The van der Waals surface area contributed by atoms with Crippen LogP contribution in [0.4, 0.5) is 8.78 Å². The molecule has 0 aromatic carbocycles. The van der Waals surface area contributed by atoms with Crippen LogP contribution in [-0.2, 0) is 11.2 Å². The molecular formula is C9H13F2N3O. The fourth-order valence-corrected chi connectivity index (χ4v) is 1.20. The molecule has 15 heavy (non-hydrogen) atoms. The third-order valence-electron chi connectivity index (χ3n) is 2.05. The van der Waals surface area contributed by atoms with E-state index in [-0.39, 0.29) is 6.54 Å². The van der Waals surface area contributed by atoms with Crippen LogP contribution in [0, 0.1) is 6.92 Å². The highest BCUT2D eigenvalue weighted by Crippen LogP contribution is 2.05. The molecule has 1 amide bonds. The Labute approximate surface area is 86.1 Å². The van der Waals surface area contributed by atoms with E-state index in [9.17, 15) is 13.6 Å². The minimum Gasteiger partial charge on any atom is -0.351 e. The SMILES string of the molecule is Cc1[nH]ncc1CCCNC(=O)C(F)F. The molecule has 0 spiro atoms. The molecule has 0 radical (unpaired) electrons. The Hall–Kier alpha value is -1.46. The van der Waals surface area contributed by atoms with E-state index < -0.39 is 12.3 Å². The van der Waals surface area contributed by atoms with Crippen LogP contribution in [0.2, 0.25) is 0 Å². The van der Waals surface area contributed by atoms with Crippen LogP contribution in [0.25, 0.3) is 0 Å². The number of halogens is 2. The second-order valence-electron chi connectivity index (χ2n) is 3.22. The molecule has 0 aliphatic rings. The van der Waals surface area contributed by atoms with Gasteiger partial charge in [-0.25, -0.2) is 0 Å². The molecule has 6 heteroatoms. The highest BCUT2D eigenvalue weighted by molar-refractivity contribution is 5.78. The van der Waals surface area contributed by atoms with Gasteiger partial charge in [0.1, 0.15) is 0 Å². The summed E-state index contributed by atoms with van der Waals surface area (Å²) in [7, 11) is 0. The number of aromatic amines is 1. The number of carbonyl (C=O) groups excluding carboxylic acids is 1. The topological polar surface area (TPSA) is 57.8 Å². The summed E-state index contributed by atoms with van der Waals surface area (Å²) in [4.78, 5) is 10.5. The van der Waals surface area contributed by atoms with Crippen molar-refractivity contribution in [1.29, 1.82) is 0 Å². The van der Waals surface area contributed by atoms with Crippen molar-refractivity contribution in [3.05, 3.63) is 17.5 Å². The van der Waals surface area contributed by atoms with E-state index >= 15 is 0 Å². The molecule has 0 saturated heterocycles. The van der Waals surface area contributed by atoms with Crippen LogP contribution in [0.1, 0.15) is 17.7 Å². The summed E-state index contributed by atoms with van der Waals surface area (Å²) in [6.45, 7) is 2.15. The second-order valence-corrected chi connectivity index (χ2v) is 3.22. The first-order chi connectivity index (χ1) is 7.11. The second kappa shape index (κ2) is 5.43. The minimum absolute atomic E-state index is 0.258. The summed E-state index contributed by atoms with van der Waals surface area (Å²) in [5.74, 6) is -1.21. The largest absolute Gasteiger partial charge is 0.351 e. The van der Waals surface area contributed by atoms with Crippen LogP contribution in [0.5, 0.6) is 0 Å². The van der Waals surface area contributed by atoms with E-state index in [1.807, 2.05) is 6.92 Å². The summed E-state index contributed by atoms with van der Waals surface area (Å²) in [6, 6.07) is 0. The molecule has 1 aromatic rings. The van der Waals surface area contributed by atoms with Crippen molar-refractivity contribution in [1.82, 2.24) is 15.5 Å². The number of amides is 1. The fraction of sp³-hybridized carbons (Fsp3) is 0.556. The summed E-state index contributed by atoms with van der Waals surface area (Å²) in [5.41, 5.74) is 2.01. The number of alkyl halides is 2. The van der Waals surface area contributed by atoms with Gasteiger partial charge in [0.2, 0.25) is 0 Å². The van der Waals surface area contributed by atoms with Crippen molar-refractivity contribution >= 4 is 5.91 Å². The maximum absolute atomic E-state index is 11.8. The Kier molecular flexibility index (Phi) is 4.20. The zero-order valence-electron chi connectivity index (χ0n) is 8.39. The lowest BCUT2D eigenvalue weighted by atomic mass is 10.1. The third-order valence-corrected chi connectivity index (χ3v) is 2.05. The zero-order chi connectivity index (χ0) is 11.3. The third kappa shape index (κ3) is 3.65. The van der Waals surface area contributed by atoms with Crippen molar-refractivity contribution < 1.29 is 13.6 Å². The van der Waals surface area contributed by atoms with E-state index in [0.717, 1.165) is 11.3 Å². The van der Waals surface area contributed by atoms with E-state index in [1.165, 1.54) is 0 Å². The number of aromatic nitrogens is 2. The van der Waals surface area contributed by atoms with Crippen molar-refractivity contribution in [2.45, 2.75) is 26.2 Å². The number of rotatable bonds is 5. The quantitative estimate of drug-likeness (QED) is 0.724. The molecule has 1 aromatic heterocycles. The highest BCUT2D eigenvalue weighted by Gasteiger charge is 2.13. The standard InChI is InChI=1S/C9H13F2N3O/c1-6-7(5-13-14-6)3-2-4-12-9(15)8(10)11/h5,8H,2-4H2,1H3,(H,12,15)(H,13,14). The monoisotopic (exact) mass is 217 g/mol. The van der Waals surface area contributed by atoms with E-state index in [0.29, 0.717) is 12.8 Å². The average molecular weight is 217 g/mol. The predicted molar refractivity (Wildman–Crippen MR) is 50.7 cm³/mol. The van der Waals surface area contributed by atoms with Gasteiger partial charge < -0.3 is 5.32 Å². The minimum atomic E-state index is -2.93. The highest BCUT2D eigenvalue weighted by atomic mass is 19.3. The molecular weight excluding hydrogens is 204 g/mol. The van der Waals surface area contributed by atoms with Gasteiger partial charge in [-0.1, -0.05) is 0 Å². The number of hydrogen-bond acceptors (Lipinski definition) is 2. The number of nitrogens with zero attached hydrogens (tertiary/aromatic N) is 1. The molecule has 84 valence electrons. The summed E-state index contributed by atoms with van der Waals surface area (Å²) < 4.78 is 23.5. The number of H-pyrrole nitrogens is 1. The number of hydrogen-bond donors (Lipinski definition) is 2. The van der Waals surface area contributed by atoms with Gasteiger partial charge in [0.15, 0.2) is 0 Å². The molecule has 0 bridgehead atoms. The number of nitrogens with one attached hydrogen (secondary N) is 2. The van der Waals surface area contributed by atoms with Gasteiger partial charge in [-0.2, -0.15) is 13.9 Å². The Morgan fingerprint density at radius 2 is 2.40 bits per heavy atom. The van der Waals surface area contributed by atoms with Gasteiger partial charge >= 0.3 is 6.43 Å². The maximum Gasteiger partial charge on any atom is 0.315 e. The zero-order valence-corrected chi connectivity index (χ0v) is 8.39. The smallest absolute Gasteiger partial charge is 0.315 e. The molecule has 0 fully saturated rings. The molecule has 2 N–H and O–H groups in total. The van der Waals surface area contributed by atoms with Crippen molar-refractivity contribution in [3.8, 4) is 0 Å². The van der Waals surface area contributed by atoms with Crippen LogP contribution in [0.3, 0.4) is 0 Å². The molecule has 1 rings (SSSR count). The summed E-state index contributed by atoms with van der Waals surface area (Å²) >= 11 is 0. The molecule has 0 atom stereocenters. The average Bonchev–Trinajstić information content (AvgIpc) is 2.58.